The molecule has 0 amide bonds. The second-order valence-electron chi connectivity index (χ2n) is 7.13. The first-order valence-corrected chi connectivity index (χ1v) is 9.76. The van der Waals surface area contributed by atoms with Crippen LogP contribution in [0.25, 0.3) is 22.2 Å². The van der Waals surface area contributed by atoms with Crippen molar-refractivity contribution in [3.8, 4) is 11.1 Å². The lowest BCUT2D eigenvalue weighted by Gasteiger charge is -2.12. The van der Waals surface area contributed by atoms with Gasteiger partial charge in [-0.05, 0) is 61.0 Å². The van der Waals surface area contributed by atoms with Crippen LogP contribution in [0.3, 0.4) is 0 Å². The highest BCUT2D eigenvalue weighted by molar-refractivity contribution is 5.78. The zero-order valence-electron chi connectivity index (χ0n) is 16.9. The highest BCUT2D eigenvalue weighted by Crippen LogP contribution is 2.27. The Kier molecular flexibility index (Phi) is 4.83. The lowest BCUT2D eigenvalue weighted by molar-refractivity contribution is 0.555. The summed E-state index contributed by atoms with van der Waals surface area (Å²) in [7, 11) is 0. The van der Waals surface area contributed by atoms with Crippen LogP contribution >= 0.6 is 0 Å². The second kappa shape index (κ2) is 7.95. The summed E-state index contributed by atoms with van der Waals surface area (Å²) in [5, 5.41) is 6.34. The van der Waals surface area contributed by atoms with E-state index in [1.807, 2.05) is 6.92 Å². The fourth-order valence-electron chi connectivity index (χ4n) is 3.28. The molecule has 0 unspecified atom stereocenters. The van der Waals surface area contributed by atoms with E-state index < -0.39 is 5.76 Å². The van der Waals surface area contributed by atoms with Gasteiger partial charge in [-0.15, -0.1) is 0 Å². The van der Waals surface area contributed by atoms with Crippen molar-refractivity contribution in [1.29, 1.82) is 0 Å². The molecule has 0 fully saturated rings. The third kappa shape index (κ3) is 3.91. The maximum atomic E-state index is 14.3. The van der Waals surface area contributed by atoms with Gasteiger partial charge in [-0.1, -0.05) is 0 Å². The topological polar surface area (TPSA) is 109 Å². The number of hydrogen-bond donors (Lipinski definition) is 3. The number of nitrogens with one attached hydrogen (secondary N) is 3. The Hall–Kier alpha value is -4.53. The quantitative estimate of drug-likeness (QED) is 0.365. The number of nitrogens with zero attached hydrogens (tertiary/aromatic N) is 3. The van der Waals surface area contributed by atoms with Crippen molar-refractivity contribution >= 4 is 34.2 Å². The molecular weight excluding hydrogens is 411 g/mol. The Bertz CT molecular complexity index is 1480. The molecule has 0 saturated heterocycles. The van der Waals surface area contributed by atoms with Crippen LogP contribution in [-0.4, -0.2) is 19.9 Å². The van der Waals surface area contributed by atoms with E-state index in [1.165, 1.54) is 6.07 Å². The van der Waals surface area contributed by atoms with Gasteiger partial charge in [-0.2, -0.15) is 4.98 Å². The molecule has 0 aliphatic carbocycles. The van der Waals surface area contributed by atoms with Crippen LogP contribution in [0.2, 0.25) is 0 Å². The van der Waals surface area contributed by atoms with E-state index in [4.69, 9.17) is 4.42 Å². The van der Waals surface area contributed by atoms with Crippen LogP contribution in [0.1, 0.15) is 5.56 Å². The number of halogens is 1. The lowest BCUT2D eigenvalue weighted by Crippen LogP contribution is -2.03. The molecule has 0 atom stereocenters. The molecule has 5 aromatic rings. The molecule has 9 heteroatoms. The molecule has 0 bridgehead atoms. The van der Waals surface area contributed by atoms with Gasteiger partial charge in [0.25, 0.3) is 0 Å². The van der Waals surface area contributed by atoms with Gasteiger partial charge < -0.3 is 15.1 Å². The minimum absolute atomic E-state index is 0.332. The maximum Gasteiger partial charge on any atom is 0.417 e. The number of H-pyrrole nitrogens is 1. The summed E-state index contributed by atoms with van der Waals surface area (Å²) < 4.78 is 19.4. The van der Waals surface area contributed by atoms with Gasteiger partial charge in [0.15, 0.2) is 5.58 Å². The summed E-state index contributed by atoms with van der Waals surface area (Å²) in [4.78, 5) is 26.8. The Morgan fingerprint density at radius 2 is 1.78 bits per heavy atom. The SMILES string of the molecule is Cc1cnc(Nc2ccc(F)c(-c3ccncc3)c2)nc1Nc1ccc2oc(=O)[nH]c2c1. The van der Waals surface area contributed by atoms with Gasteiger partial charge in [0, 0.05) is 41.1 Å². The summed E-state index contributed by atoms with van der Waals surface area (Å²) >= 11 is 0. The molecular formula is C23H17FN6O2. The maximum absolute atomic E-state index is 14.3. The summed E-state index contributed by atoms with van der Waals surface area (Å²) in [6, 6.07) is 13.5. The molecule has 5 rings (SSSR count). The number of anilines is 4. The minimum atomic E-state index is -0.507. The number of aryl methyl sites for hydroxylation is 1. The van der Waals surface area contributed by atoms with Gasteiger partial charge >= 0.3 is 5.76 Å². The normalized spacial score (nSPS) is 10.9. The molecule has 3 N–H and O–H groups in total. The first-order valence-electron chi connectivity index (χ1n) is 9.76. The number of aromatic nitrogens is 4. The molecule has 0 aliphatic heterocycles. The standard InChI is InChI=1S/C23H17FN6O2/c1-13-12-26-22(28-15-2-4-18(24)17(10-15)14-6-8-25-9-7-14)30-21(13)27-16-3-5-20-19(11-16)29-23(31)32-20/h2-12H,1H3,(H,29,31)(H2,26,27,28,30). The summed E-state index contributed by atoms with van der Waals surface area (Å²) in [6.45, 7) is 1.88. The van der Waals surface area contributed by atoms with Crippen LogP contribution in [0.4, 0.5) is 27.5 Å². The first-order chi connectivity index (χ1) is 15.5. The highest BCUT2D eigenvalue weighted by Gasteiger charge is 2.10. The van der Waals surface area contributed by atoms with Crippen LogP contribution in [0.15, 0.2) is 76.3 Å². The predicted molar refractivity (Wildman–Crippen MR) is 120 cm³/mol. The van der Waals surface area contributed by atoms with E-state index in [0.717, 1.165) is 16.8 Å². The van der Waals surface area contributed by atoms with Crippen molar-refractivity contribution in [3.05, 3.63) is 89.1 Å². The summed E-state index contributed by atoms with van der Waals surface area (Å²) in [5.74, 6) is 0.0984. The first kappa shape index (κ1) is 19.4. The van der Waals surface area contributed by atoms with Gasteiger partial charge in [0.2, 0.25) is 5.95 Å². The molecule has 8 nitrogen and oxygen atoms in total. The number of rotatable bonds is 5. The number of oxazole rings is 1. The van der Waals surface area contributed by atoms with E-state index in [9.17, 15) is 9.18 Å². The van der Waals surface area contributed by atoms with E-state index >= 15 is 0 Å². The van der Waals surface area contributed by atoms with Crippen LogP contribution in [-0.2, 0) is 0 Å². The van der Waals surface area contributed by atoms with E-state index in [0.29, 0.717) is 34.1 Å². The fraction of sp³-hybridized carbons (Fsp3) is 0.0435. The number of hydrogen-bond acceptors (Lipinski definition) is 7. The molecule has 0 radical (unpaired) electrons. The molecule has 0 spiro atoms. The highest BCUT2D eigenvalue weighted by atomic mass is 19.1. The zero-order chi connectivity index (χ0) is 22.1. The number of benzene rings is 2. The Labute approximate surface area is 181 Å². The summed E-state index contributed by atoms with van der Waals surface area (Å²) in [6.07, 6.45) is 4.92. The zero-order valence-corrected chi connectivity index (χ0v) is 16.9. The van der Waals surface area contributed by atoms with Crippen molar-refractivity contribution in [3.63, 3.8) is 0 Å². The number of aromatic amines is 1. The third-order valence-electron chi connectivity index (χ3n) is 4.87. The second-order valence-corrected chi connectivity index (χ2v) is 7.13. The smallest absolute Gasteiger partial charge is 0.408 e. The van der Waals surface area contributed by atoms with Crippen LogP contribution in [0, 0.1) is 12.7 Å². The molecule has 3 heterocycles. The molecule has 2 aromatic carbocycles. The monoisotopic (exact) mass is 428 g/mol. The molecule has 158 valence electrons. The Morgan fingerprint density at radius 1 is 1.00 bits per heavy atom. The number of pyridine rings is 1. The van der Waals surface area contributed by atoms with Crippen molar-refractivity contribution in [2.45, 2.75) is 6.92 Å². The van der Waals surface area contributed by atoms with E-state index in [2.05, 4.69) is 30.6 Å². The Balaban J connectivity index is 1.42. The van der Waals surface area contributed by atoms with Gasteiger partial charge in [0.1, 0.15) is 11.6 Å². The van der Waals surface area contributed by atoms with Gasteiger partial charge in [0.05, 0.1) is 5.52 Å². The summed E-state index contributed by atoms with van der Waals surface area (Å²) in [5.41, 5.74) is 4.43. The van der Waals surface area contributed by atoms with Crippen LogP contribution < -0.4 is 16.4 Å². The molecule has 0 saturated carbocycles. The molecule has 32 heavy (non-hydrogen) atoms. The van der Waals surface area contributed by atoms with Crippen molar-refractivity contribution in [2.75, 3.05) is 10.6 Å². The minimum Gasteiger partial charge on any atom is -0.408 e. The lowest BCUT2D eigenvalue weighted by atomic mass is 10.1. The van der Waals surface area contributed by atoms with E-state index in [1.54, 1.807) is 61.1 Å². The van der Waals surface area contributed by atoms with Crippen LogP contribution in [0.5, 0.6) is 0 Å². The van der Waals surface area contributed by atoms with Gasteiger partial charge in [-0.3, -0.25) is 9.97 Å². The third-order valence-corrected chi connectivity index (χ3v) is 4.87. The van der Waals surface area contributed by atoms with Gasteiger partial charge in [-0.25, -0.2) is 14.2 Å². The average molecular weight is 428 g/mol. The molecule has 0 aliphatic rings. The predicted octanol–water partition coefficient (Wildman–Crippen LogP) is 4.91. The fourth-order valence-corrected chi connectivity index (χ4v) is 3.28. The largest absolute Gasteiger partial charge is 0.417 e. The van der Waals surface area contributed by atoms with Crippen molar-refractivity contribution in [2.24, 2.45) is 0 Å². The van der Waals surface area contributed by atoms with Crippen molar-refractivity contribution in [1.82, 2.24) is 19.9 Å². The van der Waals surface area contributed by atoms with Crippen molar-refractivity contribution < 1.29 is 8.81 Å². The average Bonchev–Trinajstić information content (AvgIpc) is 3.17. The molecule has 3 aromatic heterocycles. The Morgan fingerprint density at radius 3 is 2.62 bits per heavy atom. The number of fused-ring (bicyclic) bond motifs is 1. The van der Waals surface area contributed by atoms with E-state index in [-0.39, 0.29) is 5.82 Å².